The molecule has 1 atom stereocenters. The van der Waals surface area contributed by atoms with Gasteiger partial charge >= 0.3 is 0 Å². The summed E-state index contributed by atoms with van der Waals surface area (Å²) in [6, 6.07) is 7.41. The van der Waals surface area contributed by atoms with Crippen LogP contribution in [0.15, 0.2) is 35.3 Å². The highest BCUT2D eigenvalue weighted by molar-refractivity contribution is 5.80. The van der Waals surface area contributed by atoms with Gasteiger partial charge in [0.15, 0.2) is 5.82 Å². The van der Waals surface area contributed by atoms with Gasteiger partial charge in [-0.3, -0.25) is 4.79 Å². The number of nitrogens with zero attached hydrogens (tertiary/aromatic N) is 5. The molecular weight excluding hydrogens is 318 g/mol. The molecule has 1 aromatic carbocycles. The predicted octanol–water partition coefficient (Wildman–Crippen LogP) is 1.68. The van der Waals surface area contributed by atoms with E-state index in [4.69, 9.17) is 0 Å². The van der Waals surface area contributed by atoms with Crippen LogP contribution in [0.3, 0.4) is 0 Å². The van der Waals surface area contributed by atoms with E-state index in [1.807, 2.05) is 25.1 Å². The van der Waals surface area contributed by atoms with E-state index in [0.717, 1.165) is 24.1 Å². The SMILES string of the molecule is CC[C@H](O)Cn1nc(C2CC2)nc1Cn1ncc2ccccc2c1=O. The zero-order valence-corrected chi connectivity index (χ0v) is 14.2. The van der Waals surface area contributed by atoms with Crippen LogP contribution in [-0.4, -0.2) is 35.8 Å². The molecule has 0 unspecified atom stereocenters. The molecule has 1 N–H and O–H groups in total. The molecule has 2 heterocycles. The zero-order chi connectivity index (χ0) is 17.4. The van der Waals surface area contributed by atoms with Gasteiger partial charge in [-0.25, -0.2) is 14.3 Å². The fraction of sp³-hybridized carbons (Fsp3) is 0.444. The van der Waals surface area contributed by atoms with Crippen molar-refractivity contribution in [1.82, 2.24) is 24.5 Å². The van der Waals surface area contributed by atoms with E-state index in [0.29, 0.717) is 30.1 Å². The molecule has 0 bridgehead atoms. The van der Waals surface area contributed by atoms with Crippen LogP contribution >= 0.6 is 0 Å². The Balaban J connectivity index is 1.70. The second-order valence-electron chi connectivity index (χ2n) is 6.60. The highest BCUT2D eigenvalue weighted by atomic mass is 16.3. The van der Waals surface area contributed by atoms with Crippen molar-refractivity contribution >= 4 is 10.8 Å². The van der Waals surface area contributed by atoms with Crippen LogP contribution < -0.4 is 5.56 Å². The van der Waals surface area contributed by atoms with Gasteiger partial charge in [0.25, 0.3) is 5.56 Å². The fourth-order valence-electron chi connectivity index (χ4n) is 2.87. The van der Waals surface area contributed by atoms with Gasteiger partial charge in [-0.05, 0) is 25.3 Å². The Kier molecular flexibility index (Phi) is 4.09. The van der Waals surface area contributed by atoms with Crippen molar-refractivity contribution in [2.45, 2.75) is 51.3 Å². The lowest BCUT2D eigenvalue weighted by molar-refractivity contribution is 0.143. The summed E-state index contributed by atoms with van der Waals surface area (Å²) in [7, 11) is 0. The van der Waals surface area contributed by atoms with Crippen LogP contribution in [0.1, 0.15) is 43.8 Å². The average Bonchev–Trinajstić information content (AvgIpc) is 3.41. The second-order valence-corrected chi connectivity index (χ2v) is 6.60. The predicted molar refractivity (Wildman–Crippen MR) is 93.4 cm³/mol. The van der Waals surface area contributed by atoms with Crippen LogP contribution in [0, 0.1) is 0 Å². The lowest BCUT2D eigenvalue weighted by Gasteiger charge is -2.11. The molecule has 1 fully saturated rings. The first-order valence-corrected chi connectivity index (χ1v) is 8.72. The summed E-state index contributed by atoms with van der Waals surface area (Å²) in [6.45, 7) is 2.56. The average molecular weight is 339 g/mol. The summed E-state index contributed by atoms with van der Waals surface area (Å²) in [5.74, 6) is 1.89. The lowest BCUT2D eigenvalue weighted by Crippen LogP contribution is -2.26. The van der Waals surface area contributed by atoms with E-state index in [-0.39, 0.29) is 12.1 Å². The molecule has 7 heteroatoms. The Hall–Kier alpha value is -2.54. The van der Waals surface area contributed by atoms with E-state index in [1.165, 1.54) is 4.68 Å². The fourth-order valence-corrected chi connectivity index (χ4v) is 2.87. The van der Waals surface area contributed by atoms with Crippen molar-refractivity contribution in [2.24, 2.45) is 0 Å². The first-order chi connectivity index (χ1) is 12.2. The van der Waals surface area contributed by atoms with Gasteiger partial charge in [0.1, 0.15) is 12.4 Å². The molecule has 130 valence electrons. The van der Waals surface area contributed by atoms with E-state index >= 15 is 0 Å². The number of hydrogen-bond donors (Lipinski definition) is 1. The van der Waals surface area contributed by atoms with E-state index < -0.39 is 6.10 Å². The molecule has 25 heavy (non-hydrogen) atoms. The Morgan fingerprint density at radius 3 is 2.84 bits per heavy atom. The maximum atomic E-state index is 12.7. The minimum Gasteiger partial charge on any atom is -0.391 e. The third-order valence-corrected chi connectivity index (χ3v) is 4.62. The van der Waals surface area contributed by atoms with Gasteiger partial charge in [0.05, 0.1) is 24.2 Å². The second kappa shape index (κ2) is 6.40. The molecule has 0 saturated heterocycles. The molecule has 2 aromatic heterocycles. The van der Waals surface area contributed by atoms with Crippen LogP contribution in [0.25, 0.3) is 10.8 Å². The van der Waals surface area contributed by atoms with Crippen LogP contribution in [0.5, 0.6) is 0 Å². The third kappa shape index (κ3) is 3.19. The normalized spacial score (nSPS) is 15.6. The number of benzene rings is 1. The van der Waals surface area contributed by atoms with Crippen molar-refractivity contribution in [2.75, 3.05) is 0 Å². The highest BCUT2D eigenvalue weighted by Gasteiger charge is 2.29. The van der Waals surface area contributed by atoms with E-state index in [1.54, 1.807) is 16.9 Å². The van der Waals surface area contributed by atoms with Crippen LogP contribution in [-0.2, 0) is 13.1 Å². The summed E-state index contributed by atoms with van der Waals surface area (Å²) in [6.07, 6.45) is 4.07. The van der Waals surface area contributed by atoms with E-state index in [2.05, 4.69) is 15.2 Å². The maximum absolute atomic E-state index is 12.7. The summed E-state index contributed by atoms with van der Waals surface area (Å²) in [5.41, 5.74) is -0.142. The molecule has 3 aromatic rings. The molecule has 1 aliphatic carbocycles. The Morgan fingerprint density at radius 2 is 2.08 bits per heavy atom. The first-order valence-electron chi connectivity index (χ1n) is 8.72. The largest absolute Gasteiger partial charge is 0.391 e. The molecule has 0 aliphatic heterocycles. The molecular formula is C18H21N5O2. The van der Waals surface area contributed by atoms with Gasteiger partial charge in [-0.1, -0.05) is 25.1 Å². The van der Waals surface area contributed by atoms with E-state index in [9.17, 15) is 9.90 Å². The number of fused-ring (bicyclic) bond motifs is 1. The number of hydrogen-bond acceptors (Lipinski definition) is 5. The third-order valence-electron chi connectivity index (χ3n) is 4.62. The van der Waals surface area contributed by atoms with Gasteiger partial charge in [-0.2, -0.15) is 10.2 Å². The van der Waals surface area contributed by atoms with Crippen LogP contribution in [0.4, 0.5) is 0 Å². The molecule has 1 saturated carbocycles. The smallest absolute Gasteiger partial charge is 0.275 e. The Bertz CT molecular complexity index is 957. The Morgan fingerprint density at radius 1 is 1.28 bits per heavy atom. The summed E-state index contributed by atoms with van der Waals surface area (Å²) >= 11 is 0. The molecule has 0 spiro atoms. The molecule has 0 amide bonds. The number of rotatable bonds is 6. The number of aliphatic hydroxyl groups excluding tert-OH is 1. The minimum atomic E-state index is -0.478. The topological polar surface area (TPSA) is 85.8 Å². The number of aromatic nitrogens is 5. The van der Waals surface area contributed by atoms with Gasteiger partial charge < -0.3 is 5.11 Å². The maximum Gasteiger partial charge on any atom is 0.275 e. The summed E-state index contributed by atoms with van der Waals surface area (Å²) in [4.78, 5) is 17.3. The highest BCUT2D eigenvalue weighted by Crippen LogP contribution is 2.38. The van der Waals surface area contributed by atoms with Crippen molar-refractivity contribution in [1.29, 1.82) is 0 Å². The zero-order valence-electron chi connectivity index (χ0n) is 14.2. The Labute approximate surface area is 144 Å². The van der Waals surface area contributed by atoms with Crippen molar-refractivity contribution in [3.05, 3.63) is 52.5 Å². The minimum absolute atomic E-state index is 0.142. The van der Waals surface area contributed by atoms with Crippen molar-refractivity contribution in [3.8, 4) is 0 Å². The summed E-state index contributed by atoms with van der Waals surface area (Å²) in [5, 5.41) is 20.3. The summed E-state index contributed by atoms with van der Waals surface area (Å²) < 4.78 is 3.14. The monoisotopic (exact) mass is 339 g/mol. The molecule has 0 radical (unpaired) electrons. The van der Waals surface area contributed by atoms with Gasteiger partial charge in [0, 0.05) is 11.3 Å². The van der Waals surface area contributed by atoms with Gasteiger partial charge in [-0.15, -0.1) is 0 Å². The molecule has 1 aliphatic rings. The molecule has 7 nitrogen and oxygen atoms in total. The standard InChI is InChI=1S/C18H21N5O2/c1-2-14(24)10-22-16(20-17(21-22)12-7-8-12)11-23-18(25)15-6-4-3-5-13(15)9-19-23/h3-6,9,12,14,24H,2,7-8,10-11H2,1H3/t14-/m0/s1. The van der Waals surface area contributed by atoms with Crippen LogP contribution in [0.2, 0.25) is 0 Å². The molecule has 4 rings (SSSR count). The van der Waals surface area contributed by atoms with Crippen molar-refractivity contribution in [3.63, 3.8) is 0 Å². The number of aliphatic hydroxyl groups is 1. The quantitative estimate of drug-likeness (QED) is 0.738. The van der Waals surface area contributed by atoms with Crippen molar-refractivity contribution < 1.29 is 5.11 Å². The van der Waals surface area contributed by atoms with Gasteiger partial charge in [0.2, 0.25) is 0 Å². The lowest BCUT2D eigenvalue weighted by atomic mass is 10.2. The first kappa shape index (κ1) is 16.0.